The maximum absolute atomic E-state index is 5.21. The molecule has 0 fully saturated rings. The van der Waals surface area contributed by atoms with Crippen LogP contribution < -0.4 is 5.32 Å². The molecule has 1 aromatic heterocycles. The highest BCUT2D eigenvalue weighted by atomic mass is 32.1. The summed E-state index contributed by atoms with van der Waals surface area (Å²) in [7, 11) is 3.43. The van der Waals surface area contributed by atoms with E-state index in [0.29, 0.717) is 0 Å². The molecule has 0 spiro atoms. The van der Waals surface area contributed by atoms with Gasteiger partial charge in [0.15, 0.2) is 0 Å². The van der Waals surface area contributed by atoms with Gasteiger partial charge in [-0.15, -0.1) is 11.3 Å². The van der Waals surface area contributed by atoms with Gasteiger partial charge in [-0.2, -0.15) is 0 Å². The number of hydrogen-bond acceptors (Lipinski definition) is 5. The molecular formula is C11H20N2O2S. The Balaban J connectivity index is 2.28. The van der Waals surface area contributed by atoms with Crippen LogP contribution in [0.2, 0.25) is 0 Å². The van der Waals surface area contributed by atoms with E-state index in [2.05, 4.69) is 22.6 Å². The predicted octanol–water partition coefficient (Wildman–Crippen LogP) is 1.46. The van der Waals surface area contributed by atoms with Crippen molar-refractivity contribution in [1.82, 2.24) is 10.3 Å². The van der Waals surface area contributed by atoms with E-state index in [-0.39, 0.29) is 6.10 Å². The van der Waals surface area contributed by atoms with Crippen molar-refractivity contribution in [3.63, 3.8) is 0 Å². The fourth-order valence-corrected chi connectivity index (χ4v) is 2.15. The van der Waals surface area contributed by atoms with Crippen molar-refractivity contribution in [2.75, 3.05) is 27.4 Å². The van der Waals surface area contributed by atoms with Gasteiger partial charge in [0.25, 0.3) is 0 Å². The van der Waals surface area contributed by atoms with Gasteiger partial charge in [0, 0.05) is 39.1 Å². The highest BCUT2D eigenvalue weighted by molar-refractivity contribution is 7.09. The first kappa shape index (κ1) is 13.6. The molecule has 1 rings (SSSR count). The lowest BCUT2D eigenvalue weighted by molar-refractivity contribution is 0.118. The maximum atomic E-state index is 5.21. The molecule has 0 bridgehead atoms. The fraction of sp³-hybridized carbons (Fsp3) is 0.727. The minimum Gasteiger partial charge on any atom is -0.383 e. The van der Waals surface area contributed by atoms with E-state index in [1.165, 1.54) is 0 Å². The van der Waals surface area contributed by atoms with Crippen LogP contribution >= 0.6 is 11.3 Å². The predicted molar refractivity (Wildman–Crippen MR) is 65.9 cm³/mol. The zero-order valence-electron chi connectivity index (χ0n) is 10.2. The number of hydrogen-bond donors (Lipinski definition) is 1. The number of ether oxygens (including phenoxy) is 2. The van der Waals surface area contributed by atoms with Crippen molar-refractivity contribution in [1.29, 1.82) is 0 Å². The zero-order valence-corrected chi connectivity index (χ0v) is 11.0. The Kier molecular flexibility index (Phi) is 6.56. The monoisotopic (exact) mass is 244 g/mol. The Morgan fingerprint density at radius 1 is 1.50 bits per heavy atom. The third kappa shape index (κ3) is 5.03. The summed E-state index contributed by atoms with van der Waals surface area (Å²) in [5.41, 5.74) is 1.10. The van der Waals surface area contributed by atoms with Crippen molar-refractivity contribution in [3.05, 3.63) is 16.1 Å². The lowest BCUT2D eigenvalue weighted by atomic mass is 10.3. The zero-order chi connectivity index (χ0) is 11.8. The van der Waals surface area contributed by atoms with E-state index in [9.17, 15) is 0 Å². The molecule has 0 saturated carbocycles. The van der Waals surface area contributed by atoms with E-state index in [0.717, 1.165) is 36.8 Å². The van der Waals surface area contributed by atoms with Crippen LogP contribution in [-0.4, -0.2) is 38.5 Å². The number of aromatic nitrogens is 1. The Hall–Kier alpha value is -0.490. The van der Waals surface area contributed by atoms with Crippen molar-refractivity contribution in [2.24, 2.45) is 0 Å². The molecule has 1 aromatic rings. The number of rotatable bonds is 8. The Morgan fingerprint density at radius 2 is 2.31 bits per heavy atom. The van der Waals surface area contributed by atoms with E-state index in [1.54, 1.807) is 25.6 Å². The second-order valence-electron chi connectivity index (χ2n) is 3.65. The second-order valence-corrected chi connectivity index (χ2v) is 4.60. The molecule has 0 aliphatic carbocycles. The molecule has 1 unspecified atom stereocenters. The fourth-order valence-electron chi connectivity index (χ4n) is 1.24. The SMILES string of the molecule is COCCNCc1csc(CC(C)OC)n1. The van der Waals surface area contributed by atoms with Gasteiger partial charge >= 0.3 is 0 Å². The lowest BCUT2D eigenvalue weighted by Gasteiger charge is -2.05. The standard InChI is InChI=1S/C11H20N2O2S/c1-9(15-3)6-11-13-10(8-16-11)7-12-4-5-14-2/h8-9,12H,4-7H2,1-3H3. The molecule has 1 N–H and O–H groups in total. The van der Waals surface area contributed by atoms with Gasteiger partial charge in [-0.1, -0.05) is 0 Å². The first-order valence-corrected chi connectivity index (χ1v) is 6.30. The normalized spacial score (nSPS) is 12.9. The molecule has 0 saturated heterocycles. The van der Waals surface area contributed by atoms with Crippen LogP contribution in [0.1, 0.15) is 17.6 Å². The topological polar surface area (TPSA) is 43.4 Å². The van der Waals surface area contributed by atoms with Gasteiger partial charge in [-0.3, -0.25) is 0 Å². The molecule has 4 nitrogen and oxygen atoms in total. The van der Waals surface area contributed by atoms with E-state index in [4.69, 9.17) is 9.47 Å². The van der Waals surface area contributed by atoms with Crippen LogP contribution in [0.25, 0.3) is 0 Å². The number of nitrogens with zero attached hydrogens (tertiary/aromatic N) is 1. The van der Waals surface area contributed by atoms with E-state index < -0.39 is 0 Å². The minimum absolute atomic E-state index is 0.237. The molecular weight excluding hydrogens is 224 g/mol. The molecule has 0 radical (unpaired) electrons. The highest BCUT2D eigenvalue weighted by Crippen LogP contribution is 2.12. The molecule has 16 heavy (non-hydrogen) atoms. The molecule has 5 heteroatoms. The lowest BCUT2D eigenvalue weighted by Crippen LogP contribution is -2.18. The average molecular weight is 244 g/mol. The van der Waals surface area contributed by atoms with Crippen LogP contribution in [-0.2, 0) is 22.4 Å². The van der Waals surface area contributed by atoms with Crippen molar-refractivity contribution in [3.8, 4) is 0 Å². The number of thiazole rings is 1. The molecule has 92 valence electrons. The maximum Gasteiger partial charge on any atom is 0.0954 e. The van der Waals surface area contributed by atoms with Crippen LogP contribution in [0.5, 0.6) is 0 Å². The number of nitrogens with one attached hydrogen (secondary N) is 1. The van der Waals surface area contributed by atoms with Crippen LogP contribution in [0.3, 0.4) is 0 Å². The minimum atomic E-state index is 0.237. The molecule has 0 aliphatic rings. The quantitative estimate of drug-likeness (QED) is 0.703. The Bertz CT molecular complexity index is 291. The summed E-state index contributed by atoms with van der Waals surface area (Å²) in [6.45, 7) is 4.45. The van der Waals surface area contributed by atoms with Crippen molar-refractivity contribution in [2.45, 2.75) is 26.0 Å². The summed E-state index contributed by atoms with van der Waals surface area (Å²) >= 11 is 1.69. The summed E-state index contributed by atoms with van der Waals surface area (Å²) in [6.07, 6.45) is 1.12. The largest absolute Gasteiger partial charge is 0.383 e. The molecule has 0 aliphatic heterocycles. The van der Waals surface area contributed by atoms with Gasteiger partial charge in [0.05, 0.1) is 23.4 Å². The Labute approximate surface area is 101 Å². The van der Waals surface area contributed by atoms with E-state index in [1.807, 2.05) is 0 Å². The summed E-state index contributed by atoms with van der Waals surface area (Å²) in [4.78, 5) is 4.53. The summed E-state index contributed by atoms with van der Waals surface area (Å²) in [5.74, 6) is 0. The molecule has 1 heterocycles. The third-order valence-electron chi connectivity index (χ3n) is 2.25. The first-order valence-electron chi connectivity index (χ1n) is 5.42. The second kappa shape index (κ2) is 7.73. The molecule has 0 aromatic carbocycles. The highest BCUT2D eigenvalue weighted by Gasteiger charge is 2.06. The van der Waals surface area contributed by atoms with Crippen LogP contribution in [0, 0.1) is 0 Å². The van der Waals surface area contributed by atoms with Crippen molar-refractivity contribution < 1.29 is 9.47 Å². The average Bonchev–Trinajstić information content (AvgIpc) is 2.72. The van der Waals surface area contributed by atoms with Crippen molar-refractivity contribution >= 4 is 11.3 Å². The van der Waals surface area contributed by atoms with Crippen LogP contribution in [0.4, 0.5) is 0 Å². The first-order chi connectivity index (χ1) is 7.76. The molecule has 0 amide bonds. The van der Waals surface area contributed by atoms with Gasteiger partial charge in [-0.05, 0) is 6.92 Å². The van der Waals surface area contributed by atoms with Gasteiger partial charge in [-0.25, -0.2) is 4.98 Å². The van der Waals surface area contributed by atoms with Crippen LogP contribution in [0.15, 0.2) is 5.38 Å². The summed E-state index contributed by atoms with van der Waals surface area (Å²) in [5, 5.41) is 6.50. The smallest absolute Gasteiger partial charge is 0.0954 e. The molecule has 1 atom stereocenters. The van der Waals surface area contributed by atoms with Gasteiger partial charge < -0.3 is 14.8 Å². The summed E-state index contributed by atoms with van der Waals surface area (Å²) in [6, 6.07) is 0. The van der Waals surface area contributed by atoms with Gasteiger partial charge in [0.2, 0.25) is 0 Å². The Morgan fingerprint density at radius 3 is 3.00 bits per heavy atom. The summed E-state index contributed by atoms with van der Waals surface area (Å²) < 4.78 is 10.2. The van der Waals surface area contributed by atoms with E-state index >= 15 is 0 Å². The van der Waals surface area contributed by atoms with Gasteiger partial charge in [0.1, 0.15) is 0 Å². The third-order valence-corrected chi connectivity index (χ3v) is 3.17. The number of methoxy groups -OCH3 is 2.